The van der Waals surface area contributed by atoms with Crippen molar-refractivity contribution < 1.29 is 35.9 Å². The topological polar surface area (TPSA) is 114 Å². The number of aromatic nitrogens is 4. The molecule has 3 unspecified atom stereocenters. The van der Waals surface area contributed by atoms with Crippen molar-refractivity contribution in [3.63, 3.8) is 0 Å². The van der Waals surface area contributed by atoms with Crippen LogP contribution in [0.1, 0.15) is 54.7 Å². The van der Waals surface area contributed by atoms with E-state index >= 15 is 8.78 Å². The number of nitrogen functional groups attached to an aromatic ring is 1. The quantitative estimate of drug-likeness (QED) is 0.151. The third-order valence-corrected chi connectivity index (χ3v) is 12.1. The van der Waals surface area contributed by atoms with E-state index in [-0.39, 0.29) is 71.3 Å². The molecule has 2 N–H and O–H groups in total. The van der Waals surface area contributed by atoms with Crippen molar-refractivity contribution in [3.8, 4) is 17.3 Å². The number of anilines is 2. The van der Waals surface area contributed by atoms with Crippen LogP contribution in [0.3, 0.4) is 0 Å². The Kier molecular flexibility index (Phi) is 9.40. The minimum Gasteiger partial charge on any atom is -0.461 e. The number of benzene rings is 1. The molecule has 1 aromatic carbocycles. The van der Waals surface area contributed by atoms with Crippen molar-refractivity contribution >= 4 is 57.5 Å². The number of amides is 1. The minimum absolute atomic E-state index is 0.00626. The summed E-state index contributed by atoms with van der Waals surface area (Å²) >= 11 is 7.85. The number of aryl methyl sites for hydroxylation is 1. The first-order valence-electron chi connectivity index (χ1n) is 17.6. The second kappa shape index (κ2) is 13.8. The number of hydrogen-bond donors (Lipinski definition) is 1. The van der Waals surface area contributed by atoms with Crippen LogP contribution < -0.4 is 15.4 Å². The number of carbonyl (C=O) groups excluding carboxylic acids is 1. The maximum Gasteiger partial charge on any atom is 0.418 e. The molecule has 2 bridgehead atoms. The summed E-state index contributed by atoms with van der Waals surface area (Å²) in [4.78, 5) is 35.9. The Labute approximate surface area is 315 Å². The van der Waals surface area contributed by atoms with Gasteiger partial charge in [0.1, 0.15) is 34.9 Å². The first-order chi connectivity index (χ1) is 25.7. The standard InChI is InChI=1S/C36H35ClF6N8O2S/c1-18-11-25(44)46-31(28(18)36(41,42)43)27-23(37)12-22-30(29(27)40)47-34(53-17-35-6-2-8-50(35)15-19(38)14-35)48-32(22)49-9-5-20-3-4-21(16-49)51(20)33(52)24(39)13-26-45-7-10-54-26/h7,10-13,19-21H,2-6,8-9,14-17H2,1H3,(H2,44,46)/b24-13-/t19?,20?,21?,35-/m0/s1. The number of hydrogen-bond acceptors (Lipinski definition) is 10. The molecule has 0 spiro atoms. The zero-order chi connectivity index (χ0) is 38.1. The molecule has 4 atom stereocenters. The highest BCUT2D eigenvalue weighted by molar-refractivity contribution is 7.10. The zero-order valence-electron chi connectivity index (χ0n) is 29.0. The van der Waals surface area contributed by atoms with E-state index in [0.29, 0.717) is 43.8 Å². The lowest BCUT2D eigenvalue weighted by Crippen LogP contribution is -2.44. The molecule has 8 rings (SSSR count). The van der Waals surface area contributed by atoms with Gasteiger partial charge in [-0.15, -0.1) is 11.3 Å². The number of ether oxygens (including phenoxy) is 1. The summed E-state index contributed by atoms with van der Waals surface area (Å²) in [6.45, 7) is 2.65. The third-order valence-electron chi connectivity index (χ3n) is 11.1. The van der Waals surface area contributed by atoms with Gasteiger partial charge < -0.3 is 20.3 Å². The second-order valence-corrected chi connectivity index (χ2v) is 15.8. The summed E-state index contributed by atoms with van der Waals surface area (Å²) in [6.07, 6.45) is 0.0513. The monoisotopic (exact) mass is 792 g/mol. The van der Waals surface area contributed by atoms with Crippen LogP contribution in [0, 0.1) is 12.7 Å². The van der Waals surface area contributed by atoms with Gasteiger partial charge in [-0.25, -0.2) is 23.1 Å². The normalized spacial score (nSPS) is 24.7. The van der Waals surface area contributed by atoms with E-state index in [1.54, 1.807) is 10.3 Å². The first-order valence-corrected chi connectivity index (χ1v) is 18.9. The molecule has 7 heterocycles. The van der Waals surface area contributed by atoms with Crippen LogP contribution in [-0.2, 0) is 11.0 Å². The smallest absolute Gasteiger partial charge is 0.418 e. The van der Waals surface area contributed by atoms with Gasteiger partial charge in [0.25, 0.3) is 5.91 Å². The molecule has 18 heteroatoms. The van der Waals surface area contributed by atoms with E-state index in [4.69, 9.17) is 27.1 Å². The average Bonchev–Trinajstić information content (AvgIpc) is 3.86. The highest BCUT2D eigenvalue weighted by Gasteiger charge is 2.50. The fourth-order valence-electron chi connectivity index (χ4n) is 8.76. The molecule has 4 fully saturated rings. The number of carbonyl (C=O) groups is 1. The van der Waals surface area contributed by atoms with Crippen LogP contribution in [0.25, 0.3) is 28.2 Å². The van der Waals surface area contributed by atoms with Crippen LogP contribution in [0.15, 0.2) is 29.5 Å². The van der Waals surface area contributed by atoms with Crippen LogP contribution in [-0.4, -0.2) is 92.2 Å². The Bertz CT molecular complexity index is 2160. The van der Waals surface area contributed by atoms with Gasteiger partial charge in [0, 0.05) is 55.1 Å². The molecule has 4 aliphatic rings. The van der Waals surface area contributed by atoms with Crippen molar-refractivity contribution in [2.24, 2.45) is 0 Å². The van der Waals surface area contributed by atoms with Gasteiger partial charge in [-0.2, -0.15) is 23.1 Å². The van der Waals surface area contributed by atoms with Gasteiger partial charge in [0.2, 0.25) is 0 Å². The SMILES string of the molecule is Cc1cc(N)nc(-c2c(Cl)cc3c(N4CCC5CCC(C4)N5C(=O)/C(F)=C/c4nccs4)nc(OC[C@@]45CCCN4CC(F)C5)nc3c2F)c1C(F)(F)F. The largest absolute Gasteiger partial charge is 0.461 e. The number of nitrogens with zero attached hydrogens (tertiary/aromatic N) is 7. The van der Waals surface area contributed by atoms with Gasteiger partial charge in [-0.1, -0.05) is 11.6 Å². The van der Waals surface area contributed by atoms with Gasteiger partial charge in [0.05, 0.1) is 33.4 Å². The third kappa shape index (κ3) is 6.51. The molecule has 1 amide bonds. The molecule has 0 radical (unpaired) electrons. The van der Waals surface area contributed by atoms with E-state index in [1.807, 2.05) is 9.80 Å². The summed E-state index contributed by atoms with van der Waals surface area (Å²) in [5.74, 6) is -2.99. The Morgan fingerprint density at radius 1 is 1.15 bits per heavy atom. The number of halogens is 7. The number of alkyl halides is 4. The number of rotatable bonds is 7. The van der Waals surface area contributed by atoms with Crippen molar-refractivity contribution in [3.05, 3.63) is 56.5 Å². The van der Waals surface area contributed by atoms with E-state index in [0.717, 1.165) is 18.6 Å². The second-order valence-electron chi connectivity index (χ2n) is 14.4. The Balaban J connectivity index is 1.22. The number of thiazole rings is 1. The molecule has 10 nitrogen and oxygen atoms in total. The molecule has 0 aliphatic carbocycles. The van der Waals surface area contributed by atoms with Crippen molar-refractivity contribution in [2.75, 3.05) is 43.4 Å². The van der Waals surface area contributed by atoms with E-state index < -0.39 is 58.3 Å². The number of nitrogens with two attached hydrogens (primary N) is 1. The highest BCUT2D eigenvalue weighted by Crippen LogP contribution is 2.46. The number of fused-ring (bicyclic) bond motifs is 4. The number of pyridine rings is 1. The van der Waals surface area contributed by atoms with Crippen LogP contribution in [0.2, 0.25) is 5.02 Å². The minimum atomic E-state index is -4.93. The van der Waals surface area contributed by atoms with Gasteiger partial charge in [0.15, 0.2) is 11.6 Å². The van der Waals surface area contributed by atoms with E-state index in [9.17, 15) is 22.4 Å². The Morgan fingerprint density at radius 2 is 1.94 bits per heavy atom. The van der Waals surface area contributed by atoms with E-state index in [2.05, 4.69) is 15.0 Å². The predicted molar refractivity (Wildman–Crippen MR) is 192 cm³/mol. The Hall–Kier alpha value is -4.22. The summed E-state index contributed by atoms with van der Waals surface area (Å²) in [5.41, 5.74) is 1.98. The first kappa shape index (κ1) is 36.7. The summed E-state index contributed by atoms with van der Waals surface area (Å²) in [6, 6.07) is 1.33. The molecule has 3 aromatic heterocycles. The summed E-state index contributed by atoms with van der Waals surface area (Å²) in [5, 5.41) is 1.73. The molecular formula is C36H35ClF6N8O2S. The van der Waals surface area contributed by atoms with Crippen LogP contribution in [0.5, 0.6) is 6.01 Å². The van der Waals surface area contributed by atoms with Gasteiger partial charge >= 0.3 is 12.2 Å². The van der Waals surface area contributed by atoms with Crippen LogP contribution >= 0.6 is 22.9 Å². The molecule has 4 saturated heterocycles. The lowest BCUT2D eigenvalue weighted by Gasteiger charge is -2.31. The summed E-state index contributed by atoms with van der Waals surface area (Å²) < 4.78 is 96.3. The van der Waals surface area contributed by atoms with Crippen molar-refractivity contribution in [2.45, 2.75) is 75.4 Å². The fourth-order valence-corrected chi connectivity index (χ4v) is 9.60. The molecule has 286 valence electrons. The van der Waals surface area contributed by atoms with Crippen molar-refractivity contribution in [1.82, 2.24) is 29.7 Å². The molecule has 54 heavy (non-hydrogen) atoms. The Morgan fingerprint density at radius 3 is 2.70 bits per heavy atom. The predicted octanol–water partition coefficient (Wildman–Crippen LogP) is 7.39. The molecule has 0 saturated carbocycles. The summed E-state index contributed by atoms with van der Waals surface area (Å²) in [7, 11) is 0. The van der Waals surface area contributed by atoms with Crippen LogP contribution in [0.4, 0.5) is 38.0 Å². The molecule has 4 aromatic rings. The van der Waals surface area contributed by atoms with E-state index in [1.165, 1.54) is 30.5 Å². The average molecular weight is 793 g/mol. The maximum absolute atomic E-state index is 17.0. The maximum atomic E-state index is 17.0. The molecular weight excluding hydrogens is 758 g/mol. The highest BCUT2D eigenvalue weighted by atomic mass is 35.5. The fraction of sp³-hybridized carbons (Fsp3) is 0.472. The lowest BCUT2D eigenvalue weighted by molar-refractivity contribution is -0.137. The lowest BCUT2D eigenvalue weighted by atomic mass is 9.95. The zero-order valence-corrected chi connectivity index (χ0v) is 30.5. The molecule has 4 aliphatic heterocycles. The van der Waals surface area contributed by atoms with Gasteiger partial charge in [-0.05, 0) is 63.3 Å². The van der Waals surface area contributed by atoms with Crippen molar-refractivity contribution in [1.29, 1.82) is 0 Å². The van der Waals surface area contributed by atoms with Gasteiger partial charge in [-0.3, -0.25) is 9.69 Å².